The number of fused-ring (bicyclic) bond motifs is 1. The monoisotopic (exact) mass is 402 g/mol. The number of hydrogen-bond donors (Lipinski definition) is 1. The fourth-order valence-electron chi connectivity index (χ4n) is 2.97. The molecule has 0 bridgehead atoms. The summed E-state index contributed by atoms with van der Waals surface area (Å²) in [6.07, 6.45) is 4.27. The summed E-state index contributed by atoms with van der Waals surface area (Å²) in [4.78, 5) is 12.6. The molecule has 1 aliphatic heterocycles. The van der Waals surface area contributed by atoms with Crippen LogP contribution in [0.5, 0.6) is 11.5 Å². The Morgan fingerprint density at radius 1 is 1.36 bits per heavy atom. The van der Waals surface area contributed by atoms with Crippen LogP contribution in [-0.4, -0.2) is 39.6 Å². The van der Waals surface area contributed by atoms with Gasteiger partial charge in [-0.05, 0) is 23.6 Å². The van der Waals surface area contributed by atoms with Gasteiger partial charge in [-0.25, -0.2) is 0 Å². The largest absolute Gasteiger partial charge is 0.490 e. The molecule has 3 rings (SSSR count). The van der Waals surface area contributed by atoms with E-state index in [0.717, 1.165) is 23.5 Å². The molecular weight excluding hydrogens is 376 g/mol. The Balaban J connectivity index is 1.66. The summed E-state index contributed by atoms with van der Waals surface area (Å²) in [6.45, 7) is 9.79. The van der Waals surface area contributed by atoms with Crippen molar-refractivity contribution in [1.82, 2.24) is 20.1 Å². The van der Waals surface area contributed by atoms with Crippen LogP contribution in [0.25, 0.3) is 0 Å². The van der Waals surface area contributed by atoms with Crippen LogP contribution in [0.3, 0.4) is 0 Å². The van der Waals surface area contributed by atoms with Crippen molar-refractivity contribution in [2.24, 2.45) is 5.92 Å². The number of benzene rings is 1. The average molecular weight is 403 g/mol. The van der Waals surface area contributed by atoms with E-state index >= 15 is 0 Å². The predicted molar refractivity (Wildman–Crippen MR) is 109 cm³/mol. The molecule has 0 aliphatic carbocycles. The van der Waals surface area contributed by atoms with E-state index in [2.05, 4.69) is 35.9 Å². The molecule has 7 nitrogen and oxygen atoms in total. The number of aromatic nitrogens is 3. The molecule has 150 valence electrons. The molecule has 0 spiro atoms. The van der Waals surface area contributed by atoms with Crippen LogP contribution in [0.4, 0.5) is 0 Å². The summed E-state index contributed by atoms with van der Waals surface area (Å²) in [5, 5.41) is 11.8. The summed E-state index contributed by atoms with van der Waals surface area (Å²) in [6, 6.07) is 5.77. The van der Waals surface area contributed by atoms with Gasteiger partial charge in [0.05, 0.1) is 25.0 Å². The quantitative estimate of drug-likeness (QED) is 0.540. The molecule has 1 N–H and O–H groups in total. The van der Waals surface area contributed by atoms with E-state index in [1.54, 1.807) is 12.4 Å². The molecule has 2 heterocycles. The van der Waals surface area contributed by atoms with Crippen molar-refractivity contribution in [3.8, 4) is 11.5 Å². The number of ether oxygens (including phenoxy) is 2. The molecule has 0 radical (unpaired) electrons. The van der Waals surface area contributed by atoms with Crippen LogP contribution < -0.4 is 14.8 Å². The van der Waals surface area contributed by atoms with Crippen LogP contribution >= 0.6 is 11.8 Å². The van der Waals surface area contributed by atoms with Gasteiger partial charge < -0.3 is 19.4 Å². The Morgan fingerprint density at radius 3 is 2.89 bits per heavy atom. The number of allylic oxidation sites excluding steroid dienone is 1. The lowest BCUT2D eigenvalue weighted by Gasteiger charge is -2.24. The van der Waals surface area contributed by atoms with E-state index in [9.17, 15) is 4.79 Å². The van der Waals surface area contributed by atoms with Crippen LogP contribution in [0.15, 0.2) is 42.3 Å². The minimum absolute atomic E-state index is 0.0519. The Hall–Kier alpha value is -2.48. The summed E-state index contributed by atoms with van der Waals surface area (Å²) in [5.41, 5.74) is 1.01. The fraction of sp³-hybridized carbons (Fsp3) is 0.450. The molecule has 8 heteroatoms. The Labute approximate surface area is 169 Å². The van der Waals surface area contributed by atoms with Gasteiger partial charge in [0.25, 0.3) is 0 Å². The highest BCUT2D eigenvalue weighted by molar-refractivity contribution is 7.99. The number of hydrogen-bond acceptors (Lipinski definition) is 6. The zero-order valence-corrected chi connectivity index (χ0v) is 17.1. The first-order chi connectivity index (χ1) is 13.6. The molecule has 28 heavy (non-hydrogen) atoms. The van der Waals surface area contributed by atoms with Gasteiger partial charge in [-0.1, -0.05) is 37.8 Å². The summed E-state index contributed by atoms with van der Waals surface area (Å²) in [5.74, 6) is 1.94. The molecule has 1 aromatic carbocycles. The number of carbonyl (C=O) groups excluding carboxylic acids is 1. The number of amides is 1. The number of carbonyl (C=O) groups is 1. The molecule has 1 unspecified atom stereocenters. The van der Waals surface area contributed by atoms with Crippen LogP contribution in [-0.2, 0) is 11.3 Å². The lowest BCUT2D eigenvalue weighted by atomic mass is 9.95. The Kier molecular flexibility index (Phi) is 6.97. The van der Waals surface area contributed by atoms with Crippen LogP contribution in [0, 0.1) is 5.92 Å². The number of rotatable bonds is 8. The normalized spacial score (nSPS) is 14.4. The highest BCUT2D eigenvalue weighted by Crippen LogP contribution is 2.34. The SMILES string of the molecule is C=CCn1cnnc1SCC(=O)NC(c1ccc2c(c1)OCCCO2)C(C)C. The first-order valence-electron chi connectivity index (χ1n) is 9.39. The molecule has 0 fully saturated rings. The molecule has 1 aromatic heterocycles. The molecule has 1 atom stereocenters. The van der Waals surface area contributed by atoms with Gasteiger partial charge in [-0.2, -0.15) is 0 Å². The first kappa shape index (κ1) is 20.3. The van der Waals surface area contributed by atoms with Crippen molar-refractivity contribution in [2.45, 2.75) is 38.0 Å². The second kappa shape index (κ2) is 9.64. The summed E-state index contributed by atoms with van der Waals surface area (Å²) in [7, 11) is 0. The van der Waals surface area contributed by atoms with Crippen LogP contribution in [0.2, 0.25) is 0 Å². The Bertz CT molecular complexity index is 822. The third-order valence-corrected chi connectivity index (χ3v) is 5.33. The zero-order valence-electron chi connectivity index (χ0n) is 16.3. The number of nitrogens with one attached hydrogen (secondary N) is 1. The van der Waals surface area contributed by atoms with Crippen molar-refractivity contribution < 1.29 is 14.3 Å². The molecule has 1 aliphatic rings. The predicted octanol–water partition coefficient (Wildman–Crippen LogP) is 3.23. The maximum atomic E-state index is 12.6. The summed E-state index contributed by atoms with van der Waals surface area (Å²) < 4.78 is 13.3. The second-order valence-corrected chi connectivity index (χ2v) is 7.83. The van der Waals surface area contributed by atoms with Gasteiger partial charge in [0.2, 0.25) is 5.91 Å². The van der Waals surface area contributed by atoms with Gasteiger partial charge in [0, 0.05) is 13.0 Å². The van der Waals surface area contributed by atoms with Crippen molar-refractivity contribution in [3.05, 3.63) is 42.7 Å². The maximum absolute atomic E-state index is 12.6. The highest BCUT2D eigenvalue weighted by atomic mass is 32.2. The van der Waals surface area contributed by atoms with E-state index in [1.165, 1.54) is 11.8 Å². The minimum Gasteiger partial charge on any atom is -0.490 e. The Morgan fingerprint density at radius 2 is 2.14 bits per heavy atom. The third-order valence-electron chi connectivity index (χ3n) is 4.35. The smallest absolute Gasteiger partial charge is 0.230 e. The molecule has 2 aromatic rings. The van der Waals surface area contributed by atoms with Crippen LogP contribution in [0.1, 0.15) is 31.9 Å². The highest BCUT2D eigenvalue weighted by Gasteiger charge is 2.21. The van der Waals surface area contributed by atoms with E-state index in [-0.39, 0.29) is 23.6 Å². The fourth-order valence-corrected chi connectivity index (χ4v) is 3.71. The van der Waals surface area contributed by atoms with E-state index in [4.69, 9.17) is 9.47 Å². The van der Waals surface area contributed by atoms with Crippen molar-refractivity contribution in [2.75, 3.05) is 19.0 Å². The van der Waals surface area contributed by atoms with Crippen molar-refractivity contribution in [1.29, 1.82) is 0 Å². The molecule has 0 saturated heterocycles. The number of nitrogens with zero attached hydrogens (tertiary/aromatic N) is 3. The van der Waals surface area contributed by atoms with Crippen molar-refractivity contribution >= 4 is 17.7 Å². The van der Waals surface area contributed by atoms with Gasteiger partial charge >= 0.3 is 0 Å². The molecular formula is C20H26N4O3S. The van der Waals surface area contributed by atoms with Crippen molar-refractivity contribution in [3.63, 3.8) is 0 Å². The summed E-state index contributed by atoms with van der Waals surface area (Å²) >= 11 is 1.36. The first-order valence-corrected chi connectivity index (χ1v) is 10.4. The minimum atomic E-state index is -0.115. The van der Waals surface area contributed by atoms with Gasteiger partial charge in [-0.15, -0.1) is 16.8 Å². The van der Waals surface area contributed by atoms with Gasteiger partial charge in [-0.3, -0.25) is 4.79 Å². The number of thioether (sulfide) groups is 1. The zero-order chi connectivity index (χ0) is 19.9. The standard InChI is InChI=1S/C20H26N4O3S/c1-4-8-24-13-21-23-20(24)28-12-18(25)22-19(14(2)3)15-6-7-16-17(11-15)27-10-5-9-26-16/h4,6-7,11,13-14,19H,1,5,8-10,12H2,2-3H3,(H,22,25). The average Bonchev–Trinajstić information content (AvgIpc) is 2.98. The van der Waals surface area contributed by atoms with E-state index in [0.29, 0.717) is 24.9 Å². The van der Waals surface area contributed by atoms with Gasteiger partial charge in [0.15, 0.2) is 16.7 Å². The molecule has 1 amide bonds. The lowest BCUT2D eigenvalue weighted by Crippen LogP contribution is -2.33. The van der Waals surface area contributed by atoms with E-state index in [1.807, 2.05) is 22.8 Å². The third kappa shape index (κ3) is 5.07. The lowest BCUT2D eigenvalue weighted by molar-refractivity contribution is -0.119. The topological polar surface area (TPSA) is 78.3 Å². The van der Waals surface area contributed by atoms with Gasteiger partial charge in [0.1, 0.15) is 6.33 Å². The van der Waals surface area contributed by atoms with E-state index < -0.39 is 0 Å². The molecule has 0 saturated carbocycles. The maximum Gasteiger partial charge on any atom is 0.230 e. The second-order valence-electron chi connectivity index (χ2n) is 6.89.